The Morgan fingerprint density at radius 3 is 2.65 bits per heavy atom. The predicted octanol–water partition coefficient (Wildman–Crippen LogP) is 6.45. The number of thiazole rings is 1. The molecule has 0 atom stereocenters. The van der Waals surface area contributed by atoms with Gasteiger partial charge in [0.2, 0.25) is 0 Å². The molecule has 0 spiro atoms. The third-order valence-electron chi connectivity index (χ3n) is 5.91. The lowest BCUT2D eigenvalue weighted by Crippen LogP contribution is -2.54. The zero-order valence-electron chi connectivity index (χ0n) is 17.8. The highest BCUT2D eigenvalue weighted by molar-refractivity contribution is 8.00. The Kier molecular flexibility index (Phi) is 6.50. The van der Waals surface area contributed by atoms with Crippen LogP contribution in [0.3, 0.4) is 0 Å². The fourth-order valence-electron chi connectivity index (χ4n) is 3.63. The molecule has 1 aromatic heterocycles. The maximum atomic E-state index is 14.9. The Balaban J connectivity index is 1.46. The lowest BCUT2D eigenvalue weighted by atomic mass is 9.88. The average Bonchev–Trinajstić information content (AvgIpc) is 3.27. The molecule has 2 heterocycles. The minimum atomic E-state index is -0.603. The molecule has 0 bridgehead atoms. The van der Waals surface area contributed by atoms with E-state index >= 15 is 0 Å². The summed E-state index contributed by atoms with van der Waals surface area (Å²) in [6, 6.07) is 9.60. The first kappa shape index (κ1) is 22.0. The lowest BCUT2D eigenvalue weighted by Gasteiger charge is -2.48. The highest BCUT2D eigenvalue weighted by Gasteiger charge is 2.35. The molecular weight excluding hydrogens is 434 g/mol. The Labute approximate surface area is 190 Å². The summed E-state index contributed by atoms with van der Waals surface area (Å²) in [7, 11) is 0. The summed E-state index contributed by atoms with van der Waals surface area (Å²) in [5, 5.41) is 5.02. The van der Waals surface area contributed by atoms with Gasteiger partial charge in [0.05, 0.1) is 5.51 Å². The van der Waals surface area contributed by atoms with Gasteiger partial charge in [-0.15, -0.1) is 11.3 Å². The smallest absolute Gasteiger partial charge is 0.147 e. The van der Waals surface area contributed by atoms with Crippen LogP contribution >= 0.6 is 23.3 Å². The number of likely N-dealkylation sites (tertiary alicyclic amines) is 1. The molecule has 1 saturated heterocycles. The lowest BCUT2D eigenvalue weighted by molar-refractivity contribution is 0.00775. The molecule has 2 N–H and O–H groups in total. The number of anilines is 2. The van der Waals surface area contributed by atoms with Gasteiger partial charge >= 0.3 is 0 Å². The van der Waals surface area contributed by atoms with E-state index in [1.807, 2.05) is 12.1 Å². The fraction of sp³-hybridized carbons (Fsp3) is 0.348. The van der Waals surface area contributed by atoms with E-state index in [9.17, 15) is 8.78 Å². The molecular formula is C23H26F2N4S2. The largest absolute Gasteiger partial charge is 0.381 e. The number of rotatable bonds is 8. The molecule has 1 aliphatic heterocycles. The van der Waals surface area contributed by atoms with Gasteiger partial charge in [-0.3, -0.25) is 4.90 Å². The second-order valence-corrected chi connectivity index (χ2v) is 9.89. The molecule has 4 rings (SSSR count). The molecule has 0 unspecified atom stereocenters. The van der Waals surface area contributed by atoms with Crippen LogP contribution in [-0.2, 0) is 13.1 Å². The highest BCUT2D eigenvalue weighted by atomic mass is 32.2. The van der Waals surface area contributed by atoms with Crippen LogP contribution in [0.25, 0.3) is 0 Å². The Morgan fingerprint density at radius 1 is 1.23 bits per heavy atom. The zero-order chi connectivity index (χ0) is 22.0. The van der Waals surface area contributed by atoms with Gasteiger partial charge in [-0.25, -0.2) is 13.8 Å². The zero-order valence-corrected chi connectivity index (χ0v) is 19.5. The Bertz CT molecular complexity index is 1050. The molecule has 0 amide bonds. The monoisotopic (exact) mass is 460 g/mol. The minimum Gasteiger partial charge on any atom is -0.381 e. The van der Waals surface area contributed by atoms with E-state index in [0.29, 0.717) is 23.6 Å². The molecule has 2 aromatic carbocycles. The molecule has 164 valence electrons. The molecule has 31 heavy (non-hydrogen) atoms. The number of hydrogen-bond acceptors (Lipinski definition) is 6. The minimum absolute atomic E-state index is 0.0588. The van der Waals surface area contributed by atoms with Crippen LogP contribution < -0.4 is 10.0 Å². The number of hydrogen-bond donors (Lipinski definition) is 2. The van der Waals surface area contributed by atoms with Gasteiger partial charge < -0.3 is 10.0 Å². The maximum absolute atomic E-state index is 14.9. The van der Waals surface area contributed by atoms with Gasteiger partial charge in [-0.2, -0.15) is 0 Å². The van der Waals surface area contributed by atoms with E-state index in [4.69, 9.17) is 0 Å². The molecule has 3 aromatic rings. The molecule has 0 radical (unpaired) electrons. The first-order valence-corrected chi connectivity index (χ1v) is 12.0. The summed E-state index contributed by atoms with van der Waals surface area (Å²) in [5.74, 6) is -0.588. The fourth-order valence-corrected chi connectivity index (χ4v) is 4.90. The van der Waals surface area contributed by atoms with Crippen molar-refractivity contribution in [3.8, 4) is 0 Å². The second-order valence-electron chi connectivity index (χ2n) is 8.36. The van der Waals surface area contributed by atoms with E-state index in [1.54, 1.807) is 17.8 Å². The Morgan fingerprint density at radius 2 is 2.00 bits per heavy atom. The van der Waals surface area contributed by atoms with E-state index in [2.05, 4.69) is 45.9 Å². The van der Waals surface area contributed by atoms with Gasteiger partial charge in [0, 0.05) is 41.8 Å². The molecule has 1 fully saturated rings. The predicted molar refractivity (Wildman–Crippen MR) is 126 cm³/mol. The molecule has 0 aliphatic carbocycles. The second kappa shape index (κ2) is 9.14. The number of aromatic nitrogens is 1. The topological polar surface area (TPSA) is 40.2 Å². The highest BCUT2D eigenvalue weighted by Crippen LogP contribution is 2.34. The van der Waals surface area contributed by atoms with Crippen molar-refractivity contribution in [2.24, 2.45) is 0 Å². The van der Waals surface area contributed by atoms with Crippen molar-refractivity contribution in [3.05, 3.63) is 69.5 Å². The summed E-state index contributed by atoms with van der Waals surface area (Å²) in [6.45, 7) is 8.67. The van der Waals surface area contributed by atoms with Crippen molar-refractivity contribution in [1.29, 1.82) is 0 Å². The average molecular weight is 461 g/mol. The van der Waals surface area contributed by atoms with E-state index in [1.165, 1.54) is 29.4 Å². The number of nitrogens with zero attached hydrogens (tertiary/aromatic N) is 2. The Hall–Kier alpha value is -2.16. The molecule has 1 aliphatic rings. The van der Waals surface area contributed by atoms with Gasteiger partial charge in [-0.05, 0) is 56.3 Å². The quantitative estimate of drug-likeness (QED) is 0.378. The normalized spacial score (nSPS) is 15.5. The molecule has 8 heteroatoms. The van der Waals surface area contributed by atoms with Crippen LogP contribution in [0, 0.1) is 18.6 Å². The van der Waals surface area contributed by atoms with Gasteiger partial charge in [0.25, 0.3) is 0 Å². The standard InChI is InChI=1S/C23H26F2N4S2/c1-15-19(10-18(24)22(21(15)25)31-28-20-13-30-14-27-20)26-11-16-6-4-5-7-17(16)12-29-9-8-23(29,2)3/h4-7,10,13-14,26,28H,8-9,11-12H2,1-3H3. The van der Waals surface area contributed by atoms with Crippen molar-refractivity contribution in [3.63, 3.8) is 0 Å². The first-order valence-electron chi connectivity index (χ1n) is 10.2. The number of halogens is 2. The van der Waals surface area contributed by atoms with Crippen LogP contribution in [0.15, 0.2) is 46.1 Å². The van der Waals surface area contributed by atoms with Crippen LogP contribution in [0.4, 0.5) is 20.3 Å². The van der Waals surface area contributed by atoms with Crippen molar-refractivity contribution >= 4 is 34.8 Å². The van der Waals surface area contributed by atoms with Gasteiger partial charge in [0.15, 0.2) is 0 Å². The van der Waals surface area contributed by atoms with Crippen molar-refractivity contribution in [2.75, 3.05) is 16.6 Å². The van der Waals surface area contributed by atoms with E-state index in [0.717, 1.165) is 30.6 Å². The van der Waals surface area contributed by atoms with Crippen LogP contribution in [-0.4, -0.2) is 22.0 Å². The third-order valence-corrected chi connectivity index (χ3v) is 7.39. The maximum Gasteiger partial charge on any atom is 0.147 e. The van der Waals surface area contributed by atoms with Crippen LogP contribution in [0.2, 0.25) is 0 Å². The van der Waals surface area contributed by atoms with Crippen molar-refractivity contribution in [2.45, 2.75) is 50.7 Å². The van der Waals surface area contributed by atoms with Gasteiger partial charge in [0.1, 0.15) is 22.3 Å². The molecule has 0 saturated carbocycles. The van der Waals surface area contributed by atoms with Crippen molar-refractivity contribution in [1.82, 2.24) is 9.88 Å². The van der Waals surface area contributed by atoms with Gasteiger partial charge in [-0.1, -0.05) is 24.3 Å². The summed E-state index contributed by atoms with van der Waals surface area (Å²) < 4.78 is 32.5. The first-order chi connectivity index (χ1) is 14.8. The van der Waals surface area contributed by atoms with Crippen molar-refractivity contribution < 1.29 is 8.78 Å². The molecule has 4 nitrogen and oxygen atoms in total. The summed E-state index contributed by atoms with van der Waals surface area (Å²) >= 11 is 2.31. The summed E-state index contributed by atoms with van der Waals surface area (Å²) in [6.07, 6.45) is 1.20. The van der Waals surface area contributed by atoms with Crippen LogP contribution in [0.1, 0.15) is 37.0 Å². The van der Waals surface area contributed by atoms with Crippen LogP contribution in [0.5, 0.6) is 0 Å². The van der Waals surface area contributed by atoms with E-state index < -0.39 is 11.6 Å². The third kappa shape index (κ3) is 4.86. The van der Waals surface area contributed by atoms with E-state index in [-0.39, 0.29) is 10.4 Å². The number of benzene rings is 2. The summed E-state index contributed by atoms with van der Waals surface area (Å²) in [4.78, 5) is 6.46. The summed E-state index contributed by atoms with van der Waals surface area (Å²) in [5.41, 5.74) is 5.12. The number of nitrogens with one attached hydrogen (secondary N) is 2. The SMILES string of the molecule is Cc1c(NCc2ccccc2CN2CCC2(C)C)cc(F)c(SNc2cscn2)c1F.